The predicted molar refractivity (Wildman–Crippen MR) is 65.8 cm³/mol. The summed E-state index contributed by atoms with van der Waals surface area (Å²) in [6.45, 7) is 2.00. The van der Waals surface area contributed by atoms with Crippen LogP contribution < -0.4 is 0 Å². The molecule has 0 radical (unpaired) electrons. The second kappa shape index (κ2) is 4.72. The highest BCUT2D eigenvalue weighted by Gasteiger charge is 2.38. The molecule has 1 saturated carbocycles. The molecule has 0 atom stereocenters. The number of benzene rings is 1. The Labute approximate surface area is 101 Å². The van der Waals surface area contributed by atoms with Crippen LogP contribution in [0.15, 0.2) is 23.2 Å². The fraction of sp³-hybridized carbons (Fsp3) is 0.500. The number of rotatable bonds is 3. The number of nitrogens with zero attached hydrogens (tertiary/aromatic N) is 1. The van der Waals surface area contributed by atoms with Gasteiger partial charge in [0.15, 0.2) is 0 Å². The molecule has 0 bridgehead atoms. The van der Waals surface area contributed by atoms with Crippen molar-refractivity contribution in [2.45, 2.75) is 44.6 Å². The molecule has 0 spiro atoms. The lowest BCUT2D eigenvalue weighted by atomic mass is 9.86. The molecule has 0 saturated heterocycles. The quantitative estimate of drug-likeness (QED) is 0.642. The summed E-state index contributed by atoms with van der Waals surface area (Å²) < 4.78 is 0. The highest BCUT2D eigenvalue weighted by atomic mass is 16.3. The zero-order valence-corrected chi connectivity index (χ0v) is 10.1. The summed E-state index contributed by atoms with van der Waals surface area (Å²) in [6, 6.07) is 5.71. The first kappa shape index (κ1) is 11.9. The van der Waals surface area contributed by atoms with Gasteiger partial charge in [0.2, 0.25) is 6.08 Å². The van der Waals surface area contributed by atoms with Crippen LogP contribution in [0.5, 0.6) is 5.75 Å². The summed E-state index contributed by atoms with van der Waals surface area (Å²) in [6.07, 6.45) is 6.19. The minimum atomic E-state index is -0.531. The van der Waals surface area contributed by atoms with E-state index in [0.717, 1.165) is 43.2 Å². The molecule has 0 aliphatic heterocycles. The third-order valence-electron chi connectivity index (χ3n) is 3.69. The van der Waals surface area contributed by atoms with Crippen molar-refractivity contribution in [3.05, 3.63) is 29.3 Å². The molecule has 1 aliphatic rings. The van der Waals surface area contributed by atoms with Gasteiger partial charge in [0.1, 0.15) is 11.3 Å². The summed E-state index contributed by atoms with van der Waals surface area (Å²) in [5.74, 6) is 0.302. The SMILES string of the molecule is CCc1cccc(C2(N=C=O)CCCC2)c1O. The van der Waals surface area contributed by atoms with Gasteiger partial charge >= 0.3 is 0 Å². The van der Waals surface area contributed by atoms with E-state index in [4.69, 9.17) is 0 Å². The Morgan fingerprint density at radius 3 is 2.71 bits per heavy atom. The van der Waals surface area contributed by atoms with Crippen LogP contribution in [0, 0.1) is 0 Å². The lowest BCUT2D eigenvalue weighted by Gasteiger charge is -2.24. The molecular weight excluding hydrogens is 214 g/mol. The Morgan fingerprint density at radius 1 is 1.41 bits per heavy atom. The van der Waals surface area contributed by atoms with Crippen molar-refractivity contribution in [1.82, 2.24) is 0 Å². The molecule has 0 aromatic heterocycles. The Morgan fingerprint density at radius 2 is 2.12 bits per heavy atom. The monoisotopic (exact) mass is 231 g/mol. The molecule has 0 amide bonds. The van der Waals surface area contributed by atoms with E-state index >= 15 is 0 Å². The summed E-state index contributed by atoms with van der Waals surface area (Å²) >= 11 is 0. The van der Waals surface area contributed by atoms with Crippen molar-refractivity contribution in [3.8, 4) is 5.75 Å². The van der Waals surface area contributed by atoms with E-state index in [1.54, 1.807) is 6.08 Å². The molecule has 1 aromatic rings. The van der Waals surface area contributed by atoms with Crippen molar-refractivity contribution < 1.29 is 9.90 Å². The Hall–Kier alpha value is -1.60. The van der Waals surface area contributed by atoms with E-state index in [-0.39, 0.29) is 0 Å². The van der Waals surface area contributed by atoms with Gasteiger partial charge in [-0.3, -0.25) is 0 Å². The molecule has 17 heavy (non-hydrogen) atoms. The standard InChI is InChI=1S/C14H17NO2/c1-2-11-6-5-7-12(13(11)17)14(15-10-16)8-3-4-9-14/h5-7,17H,2-4,8-9H2,1H3. The molecule has 1 fully saturated rings. The van der Waals surface area contributed by atoms with E-state index in [1.807, 2.05) is 25.1 Å². The van der Waals surface area contributed by atoms with Crippen LogP contribution >= 0.6 is 0 Å². The third kappa shape index (κ3) is 1.98. The normalized spacial score (nSPS) is 17.7. The number of aromatic hydroxyl groups is 1. The van der Waals surface area contributed by atoms with Crippen LogP contribution in [0.2, 0.25) is 0 Å². The van der Waals surface area contributed by atoms with Gasteiger partial charge in [-0.05, 0) is 24.8 Å². The minimum Gasteiger partial charge on any atom is -0.507 e. The fourth-order valence-corrected chi connectivity index (χ4v) is 2.74. The zero-order valence-electron chi connectivity index (χ0n) is 10.1. The fourth-order valence-electron chi connectivity index (χ4n) is 2.74. The van der Waals surface area contributed by atoms with E-state index in [2.05, 4.69) is 4.99 Å². The summed E-state index contributed by atoms with van der Waals surface area (Å²) in [5.41, 5.74) is 1.17. The first-order chi connectivity index (χ1) is 8.23. The molecule has 1 aliphatic carbocycles. The van der Waals surface area contributed by atoms with Gasteiger partial charge < -0.3 is 5.11 Å². The van der Waals surface area contributed by atoms with Gasteiger partial charge in [0.25, 0.3) is 0 Å². The molecule has 1 aromatic carbocycles. The van der Waals surface area contributed by atoms with Gasteiger partial charge in [-0.25, -0.2) is 4.79 Å². The van der Waals surface area contributed by atoms with E-state index in [9.17, 15) is 9.90 Å². The number of isocyanates is 1. The maximum absolute atomic E-state index is 10.6. The lowest BCUT2D eigenvalue weighted by Crippen LogP contribution is -2.19. The number of phenols is 1. The highest BCUT2D eigenvalue weighted by Crippen LogP contribution is 2.46. The Kier molecular flexibility index (Phi) is 3.30. The maximum atomic E-state index is 10.6. The number of aryl methyl sites for hydroxylation is 1. The number of carbonyl (C=O) groups excluding carboxylic acids is 1. The van der Waals surface area contributed by atoms with E-state index in [0.29, 0.717) is 5.75 Å². The molecular formula is C14H17NO2. The van der Waals surface area contributed by atoms with E-state index in [1.165, 1.54) is 0 Å². The smallest absolute Gasteiger partial charge is 0.235 e. The van der Waals surface area contributed by atoms with Gasteiger partial charge in [-0.15, -0.1) is 0 Å². The number of hydrogen-bond donors (Lipinski definition) is 1. The average molecular weight is 231 g/mol. The van der Waals surface area contributed by atoms with Crippen LogP contribution in [0.3, 0.4) is 0 Å². The summed E-state index contributed by atoms with van der Waals surface area (Å²) in [7, 11) is 0. The van der Waals surface area contributed by atoms with Crippen LogP contribution in [0.1, 0.15) is 43.7 Å². The van der Waals surface area contributed by atoms with Crippen LogP contribution in [0.4, 0.5) is 0 Å². The molecule has 90 valence electrons. The largest absolute Gasteiger partial charge is 0.507 e. The highest BCUT2D eigenvalue weighted by molar-refractivity contribution is 5.47. The molecule has 0 heterocycles. The maximum Gasteiger partial charge on any atom is 0.235 e. The van der Waals surface area contributed by atoms with Crippen molar-refractivity contribution in [3.63, 3.8) is 0 Å². The van der Waals surface area contributed by atoms with Gasteiger partial charge in [0, 0.05) is 5.56 Å². The van der Waals surface area contributed by atoms with Crippen molar-refractivity contribution >= 4 is 6.08 Å². The average Bonchev–Trinajstić information content (AvgIpc) is 2.79. The summed E-state index contributed by atoms with van der Waals surface area (Å²) in [4.78, 5) is 14.6. The van der Waals surface area contributed by atoms with Gasteiger partial charge in [-0.2, -0.15) is 4.99 Å². The second-order valence-electron chi connectivity index (χ2n) is 4.61. The molecule has 0 unspecified atom stereocenters. The van der Waals surface area contributed by atoms with E-state index < -0.39 is 5.54 Å². The second-order valence-corrected chi connectivity index (χ2v) is 4.61. The number of phenolic OH excluding ortho intramolecular Hbond substituents is 1. The Bertz CT molecular complexity index is 455. The Balaban J connectivity index is 2.54. The zero-order chi connectivity index (χ0) is 12.3. The molecule has 2 rings (SSSR count). The minimum absolute atomic E-state index is 0.302. The van der Waals surface area contributed by atoms with Crippen LogP contribution in [-0.4, -0.2) is 11.2 Å². The summed E-state index contributed by atoms with van der Waals surface area (Å²) in [5, 5.41) is 10.3. The van der Waals surface area contributed by atoms with Crippen molar-refractivity contribution in [1.29, 1.82) is 0 Å². The topological polar surface area (TPSA) is 49.7 Å². The first-order valence-corrected chi connectivity index (χ1v) is 6.14. The van der Waals surface area contributed by atoms with Crippen molar-refractivity contribution in [2.75, 3.05) is 0 Å². The first-order valence-electron chi connectivity index (χ1n) is 6.14. The number of hydrogen-bond acceptors (Lipinski definition) is 3. The van der Waals surface area contributed by atoms with Crippen molar-refractivity contribution in [2.24, 2.45) is 4.99 Å². The molecule has 3 nitrogen and oxygen atoms in total. The predicted octanol–water partition coefficient (Wildman–Crippen LogP) is 3.06. The molecule has 3 heteroatoms. The lowest BCUT2D eigenvalue weighted by molar-refractivity contribution is 0.405. The van der Waals surface area contributed by atoms with Gasteiger partial charge in [0.05, 0.1) is 0 Å². The molecule has 1 N–H and O–H groups in total. The third-order valence-corrected chi connectivity index (χ3v) is 3.69. The van der Waals surface area contributed by atoms with Gasteiger partial charge in [-0.1, -0.05) is 38.0 Å². The number of para-hydroxylation sites is 1. The van der Waals surface area contributed by atoms with Crippen LogP contribution in [0.25, 0.3) is 0 Å². The number of aliphatic imine (C=N–C) groups is 1. The van der Waals surface area contributed by atoms with Crippen LogP contribution in [-0.2, 0) is 16.8 Å².